The van der Waals surface area contributed by atoms with Gasteiger partial charge in [0.25, 0.3) is 0 Å². The second kappa shape index (κ2) is 4.86. The highest BCUT2D eigenvalue weighted by atomic mass is 15.3. The predicted molar refractivity (Wildman–Crippen MR) is 73.6 cm³/mol. The Bertz CT molecular complexity index is 401. The fourth-order valence-electron chi connectivity index (χ4n) is 3.08. The third kappa shape index (κ3) is 2.22. The smallest absolute Gasteiger partial charge is 0.0569 e. The molecule has 0 aliphatic carbocycles. The molecule has 0 aromatic carbocycles. The van der Waals surface area contributed by atoms with Crippen molar-refractivity contribution in [2.24, 2.45) is 5.73 Å². The van der Waals surface area contributed by atoms with Crippen LogP contribution in [0.2, 0.25) is 0 Å². The average Bonchev–Trinajstić information content (AvgIpc) is 2.86. The Morgan fingerprint density at radius 1 is 1.33 bits per heavy atom. The van der Waals surface area contributed by atoms with Gasteiger partial charge in [-0.25, -0.2) is 0 Å². The molecule has 2 aliphatic rings. The number of aromatic nitrogens is 1. The summed E-state index contributed by atoms with van der Waals surface area (Å²) in [6.45, 7) is 6.73. The lowest BCUT2D eigenvalue weighted by Crippen LogP contribution is -2.50. The molecule has 98 valence electrons. The van der Waals surface area contributed by atoms with Crippen LogP contribution >= 0.6 is 0 Å². The largest absolute Gasteiger partial charge is 0.367 e. The molecule has 18 heavy (non-hydrogen) atoms. The third-order valence-electron chi connectivity index (χ3n) is 4.19. The molecule has 3 rings (SSSR count). The van der Waals surface area contributed by atoms with Crippen molar-refractivity contribution in [1.82, 2.24) is 9.88 Å². The first-order chi connectivity index (χ1) is 8.74. The highest BCUT2D eigenvalue weighted by Crippen LogP contribution is 2.25. The van der Waals surface area contributed by atoms with Gasteiger partial charge >= 0.3 is 0 Å². The van der Waals surface area contributed by atoms with E-state index in [1.165, 1.54) is 31.6 Å². The summed E-state index contributed by atoms with van der Waals surface area (Å²) in [5.74, 6) is 0. The third-order valence-corrected chi connectivity index (χ3v) is 4.19. The maximum Gasteiger partial charge on any atom is 0.0569 e. The number of hydrogen-bond donors (Lipinski definition) is 1. The minimum Gasteiger partial charge on any atom is -0.367 e. The Kier molecular flexibility index (Phi) is 3.22. The number of pyridine rings is 1. The van der Waals surface area contributed by atoms with E-state index in [-0.39, 0.29) is 6.04 Å². The molecule has 1 aromatic rings. The molecule has 2 N–H and O–H groups in total. The van der Waals surface area contributed by atoms with Gasteiger partial charge in [-0.2, -0.15) is 0 Å². The van der Waals surface area contributed by atoms with Crippen LogP contribution in [0.15, 0.2) is 18.3 Å². The van der Waals surface area contributed by atoms with Crippen molar-refractivity contribution in [3.05, 3.63) is 24.0 Å². The monoisotopic (exact) mass is 246 g/mol. The van der Waals surface area contributed by atoms with Crippen LogP contribution in [0.25, 0.3) is 0 Å². The first kappa shape index (κ1) is 11.9. The number of rotatable bonds is 2. The Morgan fingerprint density at radius 2 is 2.22 bits per heavy atom. The van der Waals surface area contributed by atoms with Gasteiger partial charge in [0.15, 0.2) is 0 Å². The van der Waals surface area contributed by atoms with Gasteiger partial charge in [-0.1, -0.05) is 0 Å². The summed E-state index contributed by atoms with van der Waals surface area (Å²) in [5.41, 5.74) is 8.04. The predicted octanol–water partition coefficient (Wildman–Crippen LogP) is 1.39. The molecule has 4 heteroatoms. The minimum atomic E-state index is 0.0192. The topological polar surface area (TPSA) is 45.4 Å². The standard InChI is InChI=1S/C14H22N4/c1-11(15)14-5-4-12(9-16-14)18-8-7-17-6-2-3-13(17)10-18/h4-5,9,11,13H,2-3,6-8,10,15H2,1H3. The molecular weight excluding hydrogens is 224 g/mol. The molecule has 0 amide bonds. The molecule has 0 radical (unpaired) electrons. The number of piperazine rings is 1. The second-order valence-electron chi connectivity index (χ2n) is 5.51. The van der Waals surface area contributed by atoms with E-state index in [4.69, 9.17) is 5.73 Å². The second-order valence-corrected chi connectivity index (χ2v) is 5.51. The highest BCUT2D eigenvalue weighted by Gasteiger charge is 2.30. The summed E-state index contributed by atoms with van der Waals surface area (Å²) in [5, 5.41) is 0. The van der Waals surface area contributed by atoms with Crippen LogP contribution in [0.4, 0.5) is 5.69 Å². The van der Waals surface area contributed by atoms with Crippen molar-refractivity contribution in [2.75, 3.05) is 31.1 Å². The molecule has 4 nitrogen and oxygen atoms in total. The number of nitrogens with two attached hydrogens (primary N) is 1. The lowest BCUT2D eigenvalue weighted by atomic mass is 10.1. The lowest BCUT2D eigenvalue weighted by molar-refractivity contribution is 0.231. The van der Waals surface area contributed by atoms with Crippen molar-refractivity contribution >= 4 is 5.69 Å². The van der Waals surface area contributed by atoms with Gasteiger partial charge in [0, 0.05) is 31.7 Å². The molecule has 2 fully saturated rings. The summed E-state index contributed by atoms with van der Waals surface area (Å²) >= 11 is 0. The van der Waals surface area contributed by atoms with Crippen LogP contribution in [-0.4, -0.2) is 42.1 Å². The Hall–Kier alpha value is -1.13. The molecule has 1 aromatic heterocycles. The maximum absolute atomic E-state index is 5.83. The molecule has 0 saturated carbocycles. The van der Waals surface area contributed by atoms with E-state index >= 15 is 0 Å². The Morgan fingerprint density at radius 3 is 2.94 bits per heavy atom. The van der Waals surface area contributed by atoms with Gasteiger partial charge < -0.3 is 10.6 Å². The first-order valence-corrected chi connectivity index (χ1v) is 6.94. The highest BCUT2D eigenvalue weighted by molar-refractivity contribution is 5.45. The van der Waals surface area contributed by atoms with Crippen LogP contribution in [-0.2, 0) is 0 Å². The van der Waals surface area contributed by atoms with Gasteiger partial charge in [-0.15, -0.1) is 0 Å². The van der Waals surface area contributed by atoms with E-state index in [0.717, 1.165) is 24.8 Å². The zero-order chi connectivity index (χ0) is 12.5. The molecule has 2 saturated heterocycles. The molecule has 2 unspecified atom stereocenters. The normalized spacial score (nSPS) is 26.1. The van der Waals surface area contributed by atoms with Crippen LogP contribution in [0.3, 0.4) is 0 Å². The molecule has 2 aliphatic heterocycles. The van der Waals surface area contributed by atoms with Crippen LogP contribution in [0, 0.1) is 0 Å². The van der Waals surface area contributed by atoms with E-state index in [2.05, 4.69) is 26.9 Å². The SMILES string of the molecule is CC(N)c1ccc(N2CCN3CCCC3C2)cn1. The molecule has 0 spiro atoms. The Balaban J connectivity index is 1.71. The number of nitrogens with zero attached hydrogens (tertiary/aromatic N) is 3. The minimum absolute atomic E-state index is 0.0192. The van der Waals surface area contributed by atoms with Crippen molar-refractivity contribution in [1.29, 1.82) is 0 Å². The summed E-state index contributed by atoms with van der Waals surface area (Å²) in [6, 6.07) is 5.00. The van der Waals surface area contributed by atoms with Crippen LogP contribution < -0.4 is 10.6 Å². The van der Waals surface area contributed by atoms with E-state index < -0.39 is 0 Å². The first-order valence-electron chi connectivity index (χ1n) is 6.94. The quantitative estimate of drug-likeness (QED) is 0.856. The van der Waals surface area contributed by atoms with Gasteiger partial charge in [-0.05, 0) is 38.4 Å². The van der Waals surface area contributed by atoms with Crippen molar-refractivity contribution in [2.45, 2.75) is 31.8 Å². The lowest BCUT2D eigenvalue weighted by Gasteiger charge is -2.38. The van der Waals surface area contributed by atoms with Gasteiger partial charge in [-0.3, -0.25) is 9.88 Å². The van der Waals surface area contributed by atoms with E-state index in [9.17, 15) is 0 Å². The van der Waals surface area contributed by atoms with Crippen LogP contribution in [0.5, 0.6) is 0 Å². The van der Waals surface area contributed by atoms with Crippen molar-refractivity contribution < 1.29 is 0 Å². The van der Waals surface area contributed by atoms with Crippen LogP contribution in [0.1, 0.15) is 31.5 Å². The number of anilines is 1. The maximum atomic E-state index is 5.83. The number of hydrogen-bond acceptors (Lipinski definition) is 4. The molecule has 0 bridgehead atoms. The average molecular weight is 246 g/mol. The van der Waals surface area contributed by atoms with Crippen molar-refractivity contribution in [3.63, 3.8) is 0 Å². The zero-order valence-corrected chi connectivity index (χ0v) is 11.0. The Labute approximate surface area is 109 Å². The van der Waals surface area contributed by atoms with Crippen molar-refractivity contribution in [3.8, 4) is 0 Å². The fourth-order valence-corrected chi connectivity index (χ4v) is 3.08. The summed E-state index contributed by atoms with van der Waals surface area (Å²) in [7, 11) is 0. The van der Waals surface area contributed by atoms with E-state index in [1.807, 2.05) is 13.1 Å². The molecular formula is C14H22N4. The van der Waals surface area contributed by atoms with Gasteiger partial charge in [0.1, 0.15) is 0 Å². The van der Waals surface area contributed by atoms with Gasteiger partial charge in [0.2, 0.25) is 0 Å². The summed E-state index contributed by atoms with van der Waals surface area (Å²) in [6.07, 6.45) is 4.69. The van der Waals surface area contributed by atoms with Gasteiger partial charge in [0.05, 0.1) is 17.6 Å². The molecule has 2 atom stereocenters. The fraction of sp³-hybridized carbons (Fsp3) is 0.643. The summed E-state index contributed by atoms with van der Waals surface area (Å²) in [4.78, 5) is 9.55. The summed E-state index contributed by atoms with van der Waals surface area (Å²) < 4.78 is 0. The van der Waals surface area contributed by atoms with E-state index in [1.54, 1.807) is 0 Å². The molecule has 3 heterocycles. The van der Waals surface area contributed by atoms with E-state index in [0.29, 0.717) is 0 Å². The number of fused-ring (bicyclic) bond motifs is 1. The zero-order valence-electron chi connectivity index (χ0n) is 11.0.